The Bertz CT molecular complexity index is 33.8. The largest absolute Gasteiger partial charge is 2.00 e. The third-order valence-corrected chi connectivity index (χ3v) is 0. The molecular weight excluding hydrogens is 227 g/mol. The average Bonchev–Trinajstić information content (AvgIpc) is 0.811. The Morgan fingerprint density at radius 2 is 1.33 bits per heavy atom. The van der Waals surface area contributed by atoms with E-state index in [-0.39, 0.29) is 39.2 Å². The van der Waals surface area contributed by atoms with Crippen LogP contribution >= 0.6 is 0 Å². The first-order valence-corrected chi connectivity index (χ1v) is 0.612. The van der Waals surface area contributed by atoms with Gasteiger partial charge in [-0.15, -0.1) is 0 Å². The number of rotatable bonds is 0. The molecule has 5 heteroatoms. The van der Waals surface area contributed by atoms with E-state index >= 15 is 0 Å². The molecule has 0 unspecified atom stereocenters. The summed E-state index contributed by atoms with van der Waals surface area (Å²) in [6, 6.07) is 0. The minimum atomic E-state index is -2.33. The van der Waals surface area contributed by atoms with Gasteiger partial charge in [-0.1, -0.05) is 0 Å². The van der Waals surface area contributed by atoms with Gasteiger partial charge in [0.15, 0.2) is 0 Å². The normalized spacial score (nSPS) is 4.00. The van der Waals surface area contributed by atoms with Gasteiger partial charge in [-0.2, -0.15) is 0 Å². The van der Waals surface area contributed by atoms with Gasteiger partial charge in [0.2, 0.25) is 0 Å². The molecule has 0 aliphatic heterocycles. The van der Waals surface area contributed by atoms with Gasteiger partial charge in [0, 0.05) is 0 Å². The van der Waals surface area contributed by atoms with Gasteiger partial charge in [0.05, 0.1) is 0 Å². The van der Waals surface area contributed by atoms with Crippen molar-refractivity contribution in [1.29, 1.82) is 0 Å². The van der Waals surface area contributed by atoms with Crippen molar-refractivity contribution in [3.05, 3.63) is 0 Å². The van der Waals surface area contributed by atoms with Gasteiger partial charge in [0.1, 0.15) is 0 Å². The van der Waals surface area contributed by atoms with Crippen molar-refractivity contribution in [1.82, 2.24) is 0 Å². The van der Waals surface area contributed by atoms with Crippen LogP contribution in [0.15, 0.2) is 0 Å². The van der Waals surface area contributed by atoms with E-state index in [4.69, 9.17) is 15.0 Å². The van der Waals surface area contributed by atoms with Crippen molar-refractivity contribution < 1.29 is 54.2 Å². The third-order valence-electron chi connectivity index (χ3n) is 0. The van der Waals surface area contributed by atoms with Gasteiger partial charge in [-0.3, -0.25) is 0 Å². The fraction of sp³-hybridized carbons (Fsp3) is 0. The molecule has 3 nitrogen and oxygen atoms in total. The molecule has 41 valence electrons. The molecular formula is CAgCoO3+. The van der Waals surface area contributed by atoms with Gasteiger partial charge in [-0.25, -0.2) is 0 Å². The average molecular weight is 227 g/mol. The Balaban J connectivity index is -0.0000000450. The second-order valence-corrected chi connectivity index (χ2v) is 0.250. The maximum Gasteiger partial charge on any atom is 2.00 e. The van der Waals surface area contributed by atoms with Crippen LogP contribution in [0.25, 0.3) is 0 Å². The van der Waals surface area contributed by atoms with Crippen LogP contribution in [0.5, 0.6) is 0 Å². The second kappa shape index (κ2) is 9.10. The molecule has 0 aliphatic rings. The van der Waals surface area contributed by atoms with Crippen molar-refractivity contribution in [3.63, 3.8) is 0 Å². The molecule has 0 rings (SSSR count). The number of carboxylic acid groups (broad SMARTS) is 2. The van der Waals surface area contributed by atoms with Crippen LogP contribution in [-0.2, 0) is 39.2 Å². The Labute approximate surface area is 60.4 Å². The van der Waals surface area contributed by atoms with Crippen LogP contribution in [0.4, 0.5) is 4.79 Å². The molecule has 1 radical (unpaired) electrons. The van der Waals surface area contributed by atoms with E-state index in [1.165, 1.54) is 0 Å². The minimum absolute atomic E-state index is 0. The quantitative estimate of drug-likeness (QED) is 0.431. The zero-order valence-electron chi connectivity index (χ0n) is 2.36. The molecule has 0 spiro atoms. The van der Waals surface area contributed by atoms with Crippen LogP contribution in [0.3, 0.4) is 0 Å². The Hall–Kier alpha value is 0.517. The van der Waals surface area contributed by atoms with Gasteiger partial charge in [0.25, 0.3) is 0 Å². The van der Waals surface area contributed by atoms with Gasteiger partial charge in [-0.05, 0) is 6.16 Å². The molecule has 0 aliphatic carbocycles. The van der Waals surface area contributed by atoms with Crippen molar-refractivity contribution in [2.75, 3.05) is 0 Å². The number of carbonyl (C=O) groups excluding carboxylic acids is 1. The van der Waals surface area contributed by atoms with Crippen molar-refractivity contribution in [2.24, 2.45) is 0 Å². The molecule has 0 atom stereocenters. The van der Waals surface area contributed by atoms with E-state index in [2.05, 4.69) is 0 Å². The standard InChI is InChI=1S/CH2O3.Ag.Co/c2-1(3)4;;/h(H2,2,3,4);;/q;+1;+2/p-2. The predicted molar refractivity (Wildman–Crippen MR) is 5.40 cm³/mol. The SMILES string of the molecule is O=C([O-])[O-].[Ag+].[Co+2]. The third kappa shape index (κ3) is 209. The first kappa shape index (κ1) is 16.0. The summed E-state index contributed by atoms with van der Waals surface area (Å²) < 4.78 is 0. The maximum absolute atomic E-state index is 8.33. The summed E-state index contributed by atoms with van der Waals surface area (Å²) in [6.45, 7) is 0. The van der Waals surface area contributed by atoms with Crippen molar-refractivity contribution in [3.8, 4) is 0 Å². The first-order valence-electron chi connectivity index (χ1n) is 0.612. The molecule has 0 saturated heterocycles. The molecule has 0 heterocycles. The van der Waals surface area contributed by atoms with Gasteiger partial charge < -0.3 is 15.0 Å². The number of hydrogen-bond acceptors (Lipinski definition) is 3. The molecule has 0 aromatic heterocycles. The molecule has 6 heavy (non-hydrogen) atoms. The fourth-order valence-corrected chi connectivity index (χ4v) is 0. The van der Waals surface area contributed by atoms with E-state index in [0.717, 1.165) is 0 Å². The summed E-state index contributed by atoms with van der Waals surface area (Å²) in [5, 5.41) is 16.7. The van der Waals surface area contributed by atoms with Crippen LogP contribution in [-0.4, -0.2) is 6.16 Å². The van der Waals surface area contributed by atoms with Crippen LogP contribution in [0.2, 0.25) is 0 Å². The molecule has 0 fully saturated rings. The molecule has 0 saturated carbocycles. The number of carbonyl (C=O) groups is 1. The van der Waals surface area contributed by atoms with E-state index in [1.807, 2.05) is 0 Å². The summed E-state index contributed by atoms with van der Waals surface area (Å²) in [5.74, 6) is 0. The van der Waals surface area contributed by atoms with E-state index in [1.54, 1.807) is 0 Å². The minimum Gasteiger partial charge on any atom is -0.652 e. The smallest absolute Gasteiger partial charge is 0.652 e. The molecule has 0 aromatic rings. The molecule has 0 amide bonds. The van der Waals surface area contributed by atoms with Crippen LogP contribution < -0.4 is 10.2 Å². The van der Waals surface area contributed by atoms with E-state index in [9.17, 15) is 0 Å². The number of hydrogen-bond donors (Lipinski definition) is 0. The molecule has 0 N–H and O–H groups in total. The van der Waals surface area contributed by atoms with Crippen molar-refractivity contribution >= 4 is 6.16 Å². The predicted octanol–water partition coefficient (Wildman–Crippen LogP) is -2.45. The molecule has 0 aromatic carbocycles. The van der Waals surface area contributed by atoms with Gasteiger partial charge >= 0.3 is 39.2 Å². The second-order valence-electron chi connectivity index (χ2n) is 0.250. The van der Waals surface area contributed by atoms with Crippen LogP contribution in [0, 0.1) is 0 Å². The summed E-state index contributed by atoms with van der Waals surface area (Å²) in [6.07, 6.45) is -2.33. The molecule has 0 bridgehead atoms. The monoisotopic (exact) mass is 226 g/mol. The van der Waals surface area contributed by atoms with Crippen LogP contribution in [0.1, 0.15) is 0 Å². The Morgan fingerprint density at radius 3 is 1.33 bits per heavy atom. The first-order chi connectivity index (χ1) is 1.73. The Morgan fingerprint density at radius 1 is 1.33 bits per heavy atom. The fourth-order valence-electron chi connectivity index (χ4n) is 0. The van der Waals surface area contributed by atoms with Crippen molar-refractivity contribution in [2.45, 2.75) is 0 Å². The zero-order valence-corrected chi connectivity index (χ0v) is 4.88. The van der Waals surface area contributed by atoms with E-state index < -0.39 is 6.16 Å². The topological polar surface area (TPSA) is 63.2 Å². The van der Waals surface area contributed by atoms with E-state index in [0.29, 0.717) is 0 Å². The summed E-state index contributed by atoms with van der Waals surface area (Å²) in [4.78, 5) is 8.33. The summed E-state index contributed by atoms with van der Waals surface area (Å²) in [7, 11) is 0. The summed E-state index contributed by atoms with van der Waals surface area (Å²) in [5.41, 5.74) is 0. The maximum atomic E-state index is 8.33. The Kier molecular flexibility index (Phi) is 24.3. The zero-order chi connectivity index (χ0) is 3.58. The summed E-state index contributed by atoms with van der Waals surface area (Å²) >= 11 is 0.